The Morgan fingerprint density at radius 2 is 1.88 bits per heavy atom. The van der Waals surface area contributed by atoms with Crippen LogP contribution in [-0.2, 0) is 25.7 Å². The summed E-state index contributed by atoms with van der Waals surface area (Å²) in [5, 5.41) is 0. The maximum absolute atomic E-state index is 12.5. The molecule has 0 radical (unpaired) electrons. The minimum Gasteiger partial charge on any atom is -0.455 e. The van der Waals surface area contributed by atoms with Crippen LogP contribution in [-0.4, -0.2) is 18.0 Å². The highest BCUT2D eigenvalue weighted by atomic mass is 19.1. The van der Waals surface area contributed by atoms with E-state index < -0.39 is 24.0 Å². The van der Waals surface area contributed by atoms with Crippen molar-refractivity contribution < 1.29 is 23.5 Å². The zero-order valence-electron chi connectivity index (χ0n) is 8.31. The average Bonchev–Trinajstić information content (AvgIpc) is 2.28. The van der Waals surface area contributed by atoms with Gasteiger partial charge in [-0.15, -0.1) is 0 Å². The second-order valence-corrected chi connectivity index (χ2v) is 3.00. The summed E-state index contributed by atoms with van der Waals surface area (Å²) in [6.45, 7) is -0.121. The third-order valence-electron chi connectivity index (χ3n) is 1.78. The first kappa shape index (κ1) is 12.0. The molecule has 0 heterocycles. The Balaban J connectivity index is 2.45. The van der Waals surface area contributed by atoms with Crippen LogP contribution >= 0.6 is 0 Å². The summed E-state index contributed by atoms with van der Waals surface area (Å²) in [6.07, 6.45) is -0.149. The molecular weight excluding hydrogens is 215 g/mol. The Morgan fingerprint density at radius 1 is 1.25 bits per heavy atom. The Bertz CT molecular complexity index is 397. The van der Waals surface area contributed by atoms with Crippen LogP contribution in [0.25, 0.3) is 0 Å². The Morgan fingerprint density at radius 3 is 2.44 bits per heavy atom. The van der Waals surface area contributed by atoms with Crippen LogP contribution in [0.4, 0.5) is 4.39 Å². The number of aldehydes is 1. The number of hydrogen-bond donors (Lipinski definition) is 0. The van der Waals surface area contributed by atoms with Crippen molar-refractivity contribution in [3.8, 4) is 0 Å². The molecule has 0 aliphatic rings. The molecule has 0 fully saturated rings. The molecule has 1 aromatic rings. The van der Waals surface area contributed by atoms with Crippen LogP contribution in [0.2, 0.25) is 0 Å². The van der Waals surface area contributed by atoms with Crippen molar-refractivity contribution in [1.29, 1.82) is 0 Å². The monoisotopic (exact) mass is 224 g/mol. The number of halogens is 1. The van der Waals surface area contributed by atoms with Crippen molar-refractivity contribution in [2.45, 2.75) is 13.0 Å². The molecule has 0 saturated heterocycles. The van der Waals surface area contributed by atoms with Gasteiger partial charge in [0, 0.05) is 0 Å². The lowest BCUT2D eigenvalue weighted by Crippen LogP contribution is -2.17. The van der Waals surface area contributed by atoms with Crippen LogP contribution in [0.15, 0.2) is 24.3 Å². The third kappa shape index (κ3) is 3.61. The highest BCUT2D eigenvalue weighted by Gasteiger charge is 2.14. The fourth-order valence-electron chi connectivity index (χ4n) is 0.969. The van der Waals surface area contributed by atoms with E-state index in [0.29, 0.717) is 11.8 Å². The predicted octanol–water partition coefficient (Wildman–Crippen LogP) is 1.03. The van der Waals surface area contributed by atoms with Gasteiger partial charge in [-0.1, -0.05) is 12.1 Å². The van der Waals surface area contributed by atoms with E-state index >= 15 is 0 Å². The van der Waals surface area contributed by atoms with E-state index in [4.69, 9.17) is 0 Å². The standard InChI is InChI=1S/C11H9FO4/c12-9-3-1-8(2-4-9)7-16-11(15)10(14)5-6-13/h1-4,6H,5,7H2. The fraction of sp³-hybridized carbons (Fsp3) is 0.182. The van der Waals surface area contributed by atoms with Gasteiger partial charge in [0.15, 0.2) is 0 Å². The largest absolute Gasteiger partial charge is 0.455 e. The highest BCUT2D eigenvalue weighted by molar-refractivity contribution is 6.35. The van der Waals surface area contributed by atoms with E-state index in [1.54, 1.807) is 0 Å². The Labute approximate surface area is 91.0 Å². The molecule has 16 heavy (non-hydrogen) atoms. The third-order valence-corrected chi connectivity index (χ3v) is 1.78. The van der Waals surface area contributed by atoms with E-state index in [0.717, 1.165) is 0 Å². The van der Waals surface area contributed by atoms with Gasteiger partial charge < -0.3 is 9.53 Å². The molecule has 0 saturated carbocycles. The molecule has 84 valence electrons. The molecule has 0 atom stereocenters. The van der Waals surface area contributed by atoms with Crippen molar-refractivity contribution in [2.75, 3.05) is 0 Å². The van der Waals surface area contributed by atoms with Crippen molar-refractivity contribution in [3.05, 3.63) is 35.6 Å². The molecule has 0 bridgehead atoms. The molecule has 5 heteroatoms. The number of ether oxygens (including phenoxy) is 1. The first-order valence-corrected chi connectivity index (χ1v) is 4.51. The average molecular weight is 224 g/mol. The van der Waals surface area contributed by atoms with Gasteiger partial charge >= 0.3 is 5.97 Å². The van der Waals surface area contributed by atoms with Gasteiger partial charge in [-0.3, -0.25) is 4.79 Å². The lowest BCUT2D eigenvalue weighted by atomic mass is 10.2. The van der Waals surface area contributed by atoms with Crippen molar-refractivity contribution in [3.63, 3.8) is 0 Å². The predicted molar refractivity (Wildman–Crippen MR) is 51.9 cm³/mol. The number of esters is 1. The van der Waals surface area contributed by atoms with Crippen molar-refractivity contribution >= 4 is 18.0 Å². The normalized spacial score (nSPS) is 9.56. The zero-order chi connectivity index (χ0) is 12.0. The molecule has 0 amide bonds. The number of hydrogen-bond acceptors (Lipinski definition) is 4. The second kappa shape index (κ2) is 5.75. The van der Waals surface area contributed by atoms with Crippen LogP contribution in [0.1, 0.15) is 12.0 Å². The van der Waals surface area contributed by atoms with E-state index in [2.05, 4.69) is 4.74 Å². The number of benzene rings is 1. The second-order valence-electron chi connectivity index (χ2n) is 3.00. The van der Waals surface area contributed by atoms with Gasteiger partial charge in [-0.2, -0.15) is 0 Å². The molecule has 0 N–H and O–H groups in total. The van der Waals surface area contributed by atoms with Crippen LogP contribution in [0.5, 0.6) is 0 Å². The molecular formula is C11H9FO4. The maximum atomic E-state index is 12.5. The summed E-state index contributed by atoms with van der Waals surface area (Å²) >= 11 is 0. The first-order chi connectivity index (χ1) is 7.63. The van der Waals surface area contributed by atoms with E-state index in [-0.39, 0.29) is 6.61 Å². The summed E-state index contributed by atoms with van der Waals surface area (Å²) in [5.41, 5.74) is 0.564. The number of Topliss-reactive ketones (excluding diaryl/α,β-unsaturated/α-hetero) is 1. The summed E-state index contributed by atoms with van der Waals surface area (Å²) in [5.74, 6) is -2.35. The van der Waals surface area contributed by atoms with Gasteiger partial charge in [-0.25, -0.2) is 9.18 Å². The summed E-state index contributed by atoms with van der Waals surface area (Å²) in [4.78, 5) is 31.8. The lowest BCUT2D eigenvalue weighted by Gasteiger charge is -2.02. The molecule has 0 aliphatic heterocycles. The molecule has 4 nitrogen and oxygen atoms in total. The molecule has 1 rings (SSSR count). The Kier molecular flexibility index (Phi) is 4.32. The lowest BCUT2D eigenvalue weighted by molar-refractivity contribution is -0.155. The number of ketones is 1. The van der Waals surface area contributed by atoms with E-state index in [1.165, 1.54) is 24.3 Å². The Hall–Kier alpha value is -2.04. The molecule has 1 aromatic carbocycles. The van der Waals surface area contributed by atoms with Gasteiger partial charge in [0.2, 0.25) is 5.78 Å². The smallest absolute Gasteiger partial charge is 0.375 e. The molecule has 0 aliphatic carbocycles. The fourth-order valence-corrected chi connectivity index (χ4v) is 0.969. The minimum absolute atomic E-state index is 0.121. The summed E-state index contributed by atoms with van der Waals surface area (Å²) in [7, 11) is 0. The SMILES string of the molecule is O=CCC(=O)C(=O)OCc1ccc(F)cc1. The van der Waals surface area contributed by atoms with Crippen molar-refractivity contribution in [1.82, 2.24) is 0 Å². The first-order valence-electron chi connectivity index (χ1n) is 4.51. The van der Waals surface area contributed by atoms with Gasteiger partial charge in [-0.05, 0) is 17.7 Å². The number of carbonyl (C=O) groups excluding carboxylic acids is 3. The summed E-state index contributed by atoms with van der Waals surface area (Å²) in [6, 6.07) is 5.31. The molecule has 0 spiro atoms. The quantitative estimate of drug-likeness (QED) is 0.324. The topological polar surface area (TPSA) is 60.4 Å². The van der Waals surface area contributed by atoms with Gasteiger partial charge in [0.25, 0.3) is 0 Å². The minimum atomic E-state index is -1.06. The number of carbonyl (C=O) groups is 3. The van der Waals surface area contributed by atoms with E-state index in [9.17, 15) is 18.8 Å². The highest BCUT2D eigenvalue weighted by Crippen LogP contribution is 2.04. The van der Waals surface area contributed by atoms with E-state index in [1.807, 2.05) is 0 Å². The van der Waals surface area contributed by atoms with Crippen LogP contribution in [0.3, 0.4) is 0 Å². The van der Waals surface area contributed by atoms with Crippen LogP contribution in [0, 0.1) is 5.82 Å². The van der Waals surface area contributed by atoms with Crippen LogP contribution < -0.4 is 0 Å². The zero-order valence-corrected chi connectivity index (χ0v) is 8.31. The van der Waals surface area contributed by atoms with Gasteiger partial charge in [0.1, 0.15) is 18.7 Å². The molecule has 0 unspecified atom stereocenters. The van der Waals surface area contributed by atoms with Crippen molar-refractivity contribution in [2.24, 2.45) is 0 Å². The maximum Gasteiger partial charge on any atom is 0.375 e. The molecule has 0 aromatic heterocycles. The summed E-state index contributed by atoms with van der Waals surface area (Å²) < 4.78 is 17.1. The number of rotatable bonds is 5. The van der Waals surface area contributed by atoms with Gasteiger partial charge in [0.05, 0.1) is 6.42 Å².